The number of amides is 1. The van der Waals surface area contributed by atoms with Crippen LogP contribution in [0.5, 0.6) is 0 Å². The second-order valence-corrected chi connectivity index (χ2v) is 10.6. The van der Waals surface area contributed by atoms with E-state index in [1.165, 1.54) is 10.7 Å². The van der Waals surface area contributed by atoms with Gasteiger partial charge in [0.1, 0.15) is 0 Å². The molecule has 2 aliphatic heterocycles. The van der Waals surface area contributed by atoms with Crippen molar-refractivity contribution in [2.24, 2.45) is 5.92 Å². The molecule has 0 unspecified atom stereocenters. The third kappa shape index (κ3) is 2.99. The summed E-state index contributed by atoms with van der Waals surface area (Å²) >= 11 is 0. The van der Waals surface area contributed by atoms with Gasteiger partial charge < -0.3 is 10.0 Å². The lowest BCUT2D eigenvalue weighted by Gasteiger charge is -2.69. The van der Waals surface area contributed by atoms with E-state index in [1.54, 1.807) is 6.92 Å². The van der Waals surface area contributed by atoms with E-state index in [4.69, 9.17) is 0 Å². The molecule has 0 aromatic heterocycles. The summed E-state index contributed by atoms with van der Waals surface area (Å²) in [4.78, 5) is 14.8. The Labute approximate surface area is 167 Å². The summed E-state index contributed by atoms with van der Waals surface area (Å²) in [5.41, 5.74) is 0.419. The Balaban J connectivity index is 1.61. The number of carbonyl (C=O) groups is 1. The van der Waals surface area contributed by atoms with Gasteiger partial charge in [0.05, 0.1) is 23.9 Å². The molecule has 7 heteroatoms. The molecule has 1 aliphatic carbocycles. The van der Waals surface area contributed by atoms with Crippen molar-refractivity contribution in [3.8, 4) is 0 Å². The number of hydrogen-bond donors (Lipinski definition) is 1. The second kappa shape index (κ2) is 7.43. The maximum atomic E-state index is 12.9. The van der Waals surface area contributed by atoms with Gasteiger partial charge in [-0.2, -0.15) is 4.31 Å². The molecule has 1 amide bonds. The van der Waals surface area contributed by atoms with E-state index in [0.717, 1.165) is 31.2 Å². The molecular weight excluding hydrogens is 376 g/mol. The zero-order chi connectivity index (χ0) is 19.9. The minimum absolute atomic E-state index is 0.00330. The van der Waals surface area contributed by atoms with Crippen LogP contribution in [0.15, 0.2) is 30.3 Å². The van der Waals surface area contributed by atoms with Crippen LogP contribution < -0.4 is 0 Å². The topological polar surface area (TPSA) is 77.9 Å². The predicted octanol–water partition coefficient (Wildman–Crippen LogP) is 1.96. The number of carbonyl (C=O) groups excluding carboxylic acids is 1. The number of rotatable bonds is 5. The summed E-state index contributed by atoms with van der Waals surface area (Å²) in [6.45, 7) is 2.28. The molecule has 2 heterocycles. The fourth-order valence-corrected chi connectivity index (χ4v) is 7.25. The average molecular weight is 407 g/mol. The van der Waals surface area contributed by atoms with Crippen molar-refractivity contribution < 1.29 is 18.3 Å². The summed E-state index contributed by atoms with van der Waals surface area (Å²) in [6.07, 6.45) is 5.29. The van der Waals surface area contributed by atoms with E-state index in [-0.39, 0.29) is 30.1 Å². The zero-order valence-electron chi connectivity index (χ0n) is 16.5. The van der Waals surface area contributed by atoms with Crippen molar-refractivity contribution in [2.75, 3.05) is 25.4 Å². The van der Waals surface area contributed by atoms with Crippen LogP contribution in [0.1, 0.15) is 50.5 Å². The van der Waals surface area contributed by atoms with Crippen molar-refractivity contribution in [1.29, 1.82) is 0 Å². The Kier molecular flexibility index (Phi) is 5.27. The standard InChI is InChI=1S/C21H30N2O4S/c1-2-28(26,27)23-18(13-24)19(16-9-5-3-6-10-16)21(23)14-22(15-21)20(25)17-11-7-4-8-12-17/h3,5-6,9-10,17-19,24H,2,4,7-8,11-15H2,1H3/t18-,19-/m1/s1. The minimum atomic E-state index is -3.47. The molecule has 1 aromatic carbocycles. The Bertz CT molecular complexity index is 814. The highest BCUT2D eigenvalue weighted by Gasteiger charge is 2.70. The largest absolute Gasteiger partial charge is 0.395 e. The molecule has 0 radical (unpaired) electrons. The fourth-order valence-electron chi connectivity index (χ4n) is 5.59. The van der Waals surface area contributed by atoms with Crippen LogP contribution in [-0.2, 0) is 14.8 Å². The highest BCUT2D eigenvalue weighted by Crippen LogP contribution is 2.55. The highest BCUT2D eigenvalue weighted by atomic mass is 32.2. The molecule has 2 atom stereocenters. The molecule has 3 fully saturated rings. The monoisotopic (exact) mass is 406 g/mol. The van der Waals surface area contributed by atoms with E-state index < -0.39 is 21.6 Å². The quantitative estimate of drug-likeness (QED) is 0.811. The summed E-state index contributed by atoms with van der Waals surface area (Å²) < 4.78 is 27.2. The molecule has 3 aliphatic rings. The van der Waals surface area contributed by atoms with Crippen molar-refractivity contribution in [2.45, 2.75) is 56.5 Å². The molecule has 1 saturated carbocycles. The van der Waals surface area contributed by atoms with Gasteiger partial charge in [0.2, 0.25) is 15.9 Å². The summed E-state index contributed by atoms with van der Waals surface area (Å²) in [5.74, 6) is 0.184. The summed E-state index contributed by atoms with van der Waals surface area (Å²) in [6, 6.07) is 9.35. The van der Waals surface area contributed by atoms with Crippen LogP contribution >= 0.6 is 0 Å². The number of aliphatic hydroxyl groups is 1. The van der Waals surface area contributed by atoms with E-state index in [9.17, 15) is 18.3 Å². The van der Waals surface area contributed by atoms with Crippen molar-refractivity contribution in [3.63, 3.8) is 0 Å². The van der Waals surface area contributed by atoms with Gasteiger partial charge in [0.15, 0.2) is 0 Å². The van der Waals surface area contributed by atoms with Gasteiger partial charge in [-0.25, -0.2) is 8.42 Å². The van der Waals surface area contributed by atoms with Crippen LogP contribution in [0.3, 0.4) is 0 Å². The fraction of sp³-hybridized carbons (Fsp3) is 0.667. The first-order valence-electron chi connectivity index (χ1n) is 10.4. The molecule has 1 N–H and O–H groups in total. The minimum Gasteiger partial charge on any atom is -0.395 e. The molecule has 2 saturated heterocycles. The van der Waals surface area contributed by atoms with Crippen LogP contribution in [0.25, 0.3) is 0 Å². The van der Waals surface area contributed by atoms with Crippen molar-refractivity contribution in [1.82, 2.24) is 9.21 Å². The number of likely N-dealkylation sites (tertiary alicyclic amines) is 1. The number of aliphatic hydroxyl groups excluding tert-OH is 1. The van der Waals surface area contributed by atoms with E-state index in [1.807, 2.05) is 35.2 Å². The Morgan fingerprint density at radius 1 is 1.14 bits per heavy atom. The number of nitrogens with zero attached hydrogens (tertiary/aromatic N) is 2. The molecule has 154 valence electrons. The van der Waals surface area contributed by atoms with Gasteiger partial charge in [0, 0.05) is 24.9 Å². The molecule has 1 aromatic rings. The van der Waals surface area contributed by atoms with Crippen molar-refractivity contribution >= 4 is 15.9 Å². The summed E-state index contributed by atoms with van der Waals surface area (Å²) in [7, 11) is -3.47. The Morgan fingerprint density at radius 2 is 1.79 bits per heavy atom. The normalized spacial score (nSPS) is 28.0. The predicted molar refractivity (Wildman–Crippen MR) is 107 cm³/mol. The first-order chi connectivity index (χ1) is 13.4. The number of sulfonamides is 1. The van der Waals surface area contributed by atoms with Gasteiger partial charge in [-0.3, -0.25) is 4.79 Å². The maximum Gasteiger partial charge on any atom is 0.225 e. The lowest BCUT2D eigenvalue weighted by Crippen LogP contribution is -2.86. The van der Waals surface area contributed by atoms with E-state index >= 15 is 0 Å². The second-order valence-electron chi connectivity index (χ2n) is 8.47. The van der Waals surface area contributed by atoms with Crippen molar-refractivity contribution in [3.05, 3.63) is 35.9 Å². The van der Waals surface area contributed by atoms with Gasteiger partial charge >= 0.3 is 0 Å². The molecule has 28 heavy (non-hydrogen) atoms. The first-order valence-corrected chi connectivity index (χ1v) is 12.0. The molecule has 0 bridgehead atoms. The van der Waals surface area contributed by atoms with Crippen LogP contribution in [-0.4, -0.2) is 65.7 Å². The van der Waals surface area contributed by atoms with Gasteiger partial charge in [-0.15, -0.1) is 0 Å². The lowest BCUT2D eigenvalue weighted by molar-refractivity contribution is -0.171. The molecule has 4 rings (SSSR count). The Hall–Kier alpha value is -1.44. The maximum absolute atomic E-state index is 12.9. The third-order valence-electron chi connectivity index (χ3n) is 6.91. The zero-order valence-corrected chi connectivity index (χ0v) is 17.3. The van der Waals surface area contributed by atoms with Crippen LogP contribution in [0.2, 0.25) is 0 Å². The number of hydrogen-bond acceptors (Lipinski definition) is 4. The van der Waals surface area contributed by atoms with Crippen LogP contribution in [0.4, 0.5) is 0 Å². The van der Waals surface area contributed by atoms with Gasteiger partial charge in [-0.05, 0) is 25.3 Å². The molecule has 1 spiro atoms. The van der Waals surface area contributed by atoms with E-state index in [2.05, 4.69) is 0 Å². The molecular formula is C21H30N2O4S. The number of benzene rings is 1. The average Bonchev–Trinajstić information content (AvgIpc) is 2.67. The Morgan fingerprint density at radius 3 is 2.36 bits per heavy atom. The third-order valence-corrected chi connectivity index (χ3v) is 8.87. The van der Waals surface area contributed by atoms with Gasteiger partial charge in [-0.1, -0.05) is 49.6 Å². The highest BCUT2D eigenvalue weighted by molar-refractivity contribution is 7.89. The lowest BCUT2D eigenvalue weighted by atomic mass is 9.62. The smallest absolute Gasteiger partial charge is 0.225 e. The van der Waals surface area contributed by atoms with Gasteiger partial charge in [0.25, 0.3) is 0 Å². The SMILES string of the molecule is CCS(=O)(=O)N1[C@H](CO)[C@@H](c2ccccc2)C12CN(C(=O)C1CCCCC1)C2. The van der Waals surface area contributed by atoms with E-state index in [0.29, 0.717) is 13.1 Å². The van der Waals surface area contributed by atoms with Crippen LogP contribution in [0, 0.1) is 5.92 Å². The first kappa shape index (κ1) is 19.9. The molecule has 6 nitrogen and oxygen atoms in total. The summed E-state index contributed by atoms with van der Waals surface area (Å²) in [5, 5.41) is 9.99.